The maximum absolute atomic E-state index is 15.0. The number of aliphatic hydroxyl groups excluding tert-OH is 3. The van der Waals surface area contributed by atoms with E-state index in [4.69, 9.17) is 4.74 Å². The van der Waals surface area contributed by atoms with E-state index in [0.717, 1.165) is 55.2 Å². The van der Waals surface area contributed by atoms with Gasteiger partial charge in [0.25, 0.3) is 0 Å². The zero-order valence-electron chi connectivity index (χ0n) is 29.5. The molecule has 2 aromatic carbocycles. The van der Waals surface area contributed by atoms with Gasteiger partial charge in [-0.25, -0.2) is 0 Å². The van der Waals surface area contributed by atoms with E-state index >= 15 is 0 Å². The number of nitrogens with zero attached hydrogens (tertiary/aromatic N) is 1. The van der Waals surface area contributed by atoms with Crippen molar-refractivity contribution < 1.29 is 30.0 Å². The van der Waals surface area contributed by atoms with Crippen LogP contribution in [-0.2, 0) is 4.74 Å². The lowest BCUT2D eigenvalue weighted by atomic mass is 9.32. The van der Waals surface area contributed by atoms with Crippen molar-refractivity contribution >= 4 is 5.78 Å². The Morgan fingerprint density at radius 1 is 0.939 bits per heavy atom. The predicted molar refractivity (Wildman–Crippen MR) is 191 cm³/mol. The van der Waals surface area contributed by atoms with Gasteiger partial charge in [0.1, 0.15) is 0 Å². The minimum atomic E-state index is -1.03. The van der Waals surface area contributed by atoms with E-state index < -0.39 is 28.6 Å². The number of methoxy groups -OCH3 is 1. The molecule has 264 valence electrons. The Morgan fingerprint density at radius 3 is 2.33 bits per heavy atom. The van der Waals surface area contributed by atoms with Gasteiger partial charge in [0.05, 0.1) is 24.4 Å². The van der Waals surface area contributed by atoms with Crippen molar-refractivity contribution in [3.63, 3.8) is 0 Å². The van der Waals surface area contributed by atoms with Gasteiger partial charge in [-0.1, -0.05) is 86.7 Å². The third kappa shape index (κ3) is 5.34. The normalized spacial score (nSPS) is 38.1. The fourth-order valence-electron chi connectivity index (χ4n) is 11.6. The van der Waals surface area contributed by atoms with Crippen molar-refractivity contribution in [2.45, 2.75) is 83.0 Å². The lowest BCUT2D eigenvalue weighted by Gasteiger charge is -2.71. The second-order valence-electron chi connectivity index (χ2n) is 16.5. The van der Waals surface area contributed by atoms with Crippen LogP contribution in [0.15, 0.2) is 78.4 Å². The second kappa shape index (κ2) is 12.8. The number of ketones is 1. The molecule has 3 fully saturated rings. The van der Waals surface area contributed by atoms with Gasteiger partial charge in [0.15, 0.2) is 5.78 Å². The van der Waals surface area contributed by atoms with Crippen LogP contribution in [0.1, 0.15) is 75.6 Å². The Balaban J connectivity index is 1.28. The summed E-state index contributed by atoms with van der Waals surface area (Å²) in [6.45, 7) is 6.23. The maximum Gasteiger partial charge on any atom is 0.189 e. The molecule has 4 N–H and O–H groups in total. The van der Waals surface area contributed by atoms with Crippen LogP contribution in [-0.4, -0.2) is 88.9 Å². The first kappa shape index (κ1) is 34.8. The van der Waals surface area contributed by atoms with E-state index in [1.807, 2.05) is 42.5 Å². The third-order valence-corrected chi connectivity index (χ3v) is 14.2. The molecule has 7 heteroatoms. The number of aliphatic hydroxyl groups is 4. The van der Waals surface area contributed by atoms with E-state index in [9.17, 15) is 25.2 Å². The Hall–Kier alpha value is -2.65. The monoisotopic (exact) mass is 669 g/mol. The van der Waals surface area contributed by atoms with Crippen LogP contribution >= 0.6 is 0 Å². The molecule has 1 unspecified atom stereocenters. The summed E-state index contributed by atoms with van der Waals surface area (Å²) in [6, 6.07) is 18.2. The van der Waals surface area contributed by atoms with E-state index in [-0.39, 0.29) is 41.6 Å². The Kier molecular flexibility index (Phi) is 9.11. The number of Topliss-reactive ketones (excluding diaryl/α,β-unsaturated/α-hetero) is 1. The highest BCUT2D eigenvalue weighted by Crippen LogP contribution is 2.78. The number of ether oxygens (including phenoxy) is 1. The van der Waals surface area contributed by atoms with Gasteiger partial charge in [-0.2, -0.15) is 0 Å². The molecule has 0 saturated heterocycles. The molecule has 9 atom stereocenters. The highest BCUT2D eigenvalue weighted by molar-refractivity contribution is 6.10. The van der Waals surface area contributed by atoms with Crippen molar-refractivity contribution in [2.75, 3.05) is 40.0 Å². The summed E-state index contributed by atoms with van der Waals surface area (Å²) in [5, 5.41) is 43.9. The lowest BCUT2D eigenvalue weighted by Crippen LogP contribution is -2.67. The molecule has 0 aromatic heterocycles. The van der Waals surface area contributed by atoms with E-state index in [0.29, 0.717) is 38.1 Å². The SMILES string of the molecule is COCCCN(C[C@H](O)CO)C[C@]1(O)CC[C@H]2[C@]34C=C[C@@]5(C=C3C(=O)c3ccc(-c6ccccc6)cc3)CC(O)CC[C@]5(C)[C@H]4CC[C@@]21C. The molecule has 6 aliphatic rings. The van der Waals surface area contributed by atoms with Crippen LogP contribution in [0.25, 0.3) is 11.1 Å². The molecule has 8 rings (SSSR count). The Bertz CT molecular complexity index is 1590. The highest BCUT2D eigenvalue weighted by Gasteiger charge is 2.74. The van der Waals surface area contributed by atoms with Crippen LogP contribution < -0.4 is 0 Å². The van der Waals surface area contributed by atoms with Crippen LogP contribution in [0.2, 0.25) is 0 Å². The summed E-state index contributed by atoms with van der Waals surface area (Å²) in [5.74, 6) is 0.325. The first-order chi connectivity index (χ1) is 23.5. The van der Waals surface area contributed by atoms with Crippen LogP contribution in [0.3, 0.4) is 0 Å². The molecule has 2 spiro atoms. The minimum Gasteiger partial charge on any atom is -0.394 e. The molecule has 0 aliphatic heterocycles. The first-order valence-electron chi connectivity index (χ1n) is 18.5. The van der Waals surface area contributed by atoms with Crippen LogP contribution in [0, 0.1) is 33.5 Å². The summed E-state index contributed by atoms with van der Waals surface area (Å²) >= 11 is 0. The van der Waals surface area contributed by atoms with Crippen molar-refractivity contribution in [3.05, 3.63) is 84.0 Å². The molecule has 2 aromatic rings. The first-order valence-corrected chi connectivity index (χ1v) is 18.5. The molecule has 49 heavy (non-hydrogen) atoms. The average molecular weight is 670 g/mol. The maximum atomic E-state index is 15.0. The molecule has 6 aliphatic carbocycles. The fourth-order valence-corrected chi connectivity index (χ4v) is 11.6. The van der Waals surface area contributed by atoms with Crippen molar-refractivity contribution in [2.24, 2.45) is 33.5 Å². The molecule has 2 bridgehead atoms. The number of carbonyl (C=O) groups excluding carboxylic acids is 1. The van der Waals surface area contributed by atoms with Gasteiger partial charge in [-0.05, 0) is 79.7 Å². The number of carbonyl (C=O) groups is 1. The Morgan fingerprint density at radius 2 is 1.61 bits per heavy atom. The number of allylic oxidation sites excluding steroid dienone is 4. The number of hydrogen-bond donors (Lipinski definition) is 4. The Labute approximate surface area is 291 Å². The summed E-state index contributed by atoms with van der Waals surface area (Å²) in [6.07, 6.45) is 11.9. The number of fused-ring (bicyclic) bond motifs is 1. The minimum absolute atomic E-state index is 0.0457. The fraction of sp³-hybridized carbons (Fsp3) is 0.595. The summed E-state index contributed by atoms with van der Waals surface area (Å²) in [4.78, 5) is 17.1. The molecular weight excluding hydrogens is 614 g/mol. The van der Waals surface area contributed by atoms with Gasteiger partial charge in [-0.15, -0.1) is 0 Å². The second-order valence-corrected chi connectivity index (χ2v) is 16.5. The quantitative estimate of drug-likeness (QED) is 0.128. The van der Waals surface area contributed by atoms with Gasteiger partial charge in [0, 0.05) is 60.7 Å². The van der Waals surface area contributed by atoms with Crippen molar-refractivity contribution in [3.8, 4) is 11.1 Å². The van der Waals surface area contributed by atoms with E-state index in [1.165, 1.54) is 0 Å². The molecule has 0 heterocycles. The number of rotatable bonds is 12. The largest absolute Gasteiger partial charge is 0.394 e. The summed E-state index contributed by atoms with van der Waals surface area (Å²) < 4.78 is 5.31. The third-order valence-electron chi connectivity index (χ3n) is 14.2. The summed E-state index contributed by atoms with van der Waals surface area (Å²) in [7, 11) is 1.68. The molecule has 3 saturated carbocycles. The molecule has 0 amide bonds. The van der Waals surface area contributed by atoms with E-state index in [1.54, 1.807) is 7.11 Å². The van der Waals surface area contributed by atoms with Crippen LogP contribution in [0.5, 0.6) is 0 Å². The highest BCUT2D eigenvalue weighted by atomic mass is 16.5. The zero-order valence-corrected chi connectivity index (χ0v) is 29.5. The number of hydrogen-bond acceptors (Lipinski definition) is 7. The van der Waals surface area contributed by atoms with Gasteiger partial charge >= 0.3 is 0 Å². The average Bonchev–Trinajstić information content (AvgIpc) is 3.38. The van der Waals surface area contributed by atoms with Gasteiger partial charge in [0.2, 0.25) is 0 Å². The standard InChI is InChI=1S/C42H55NO6/c1-38-17-14-32(45)24-40(38)20-21-42(34(25-40)37(47)31-12-10-30(11-13-31)29-8-5-4-6-9-29)35(38)15-18-39(2)36(42)16-19-41(39,48)28-43(22-7-23-49-3)26-33(46)27-44/h4-6,8-13,20-21,25,32-33,35-36,44-46,48H,7,14-19,22-24,26-28H2,1-3H3/t32?,33-,35+,36+,38+,39-,40-,41+,42+/m0/s1. The predicted octanol–water partition coefficient (Wildman–Crippen LogP) is 5.82. The summed E-state index contributed by atoms with van der Waals surface area (Å²) in [5.41, 5.74) is 1.20. The molecule has 7 nitrogen and oxygen atoms in total. The molecule has 0 radical (unpaired) electrons. The zero-order chi connectivity index (χ0) is 34.7. The molecular formula is C42H55NO6. The van der Waals surface area contributed by atoms with Crippen molar-refractivity contribution in [1.29, 1.82) is 0 Å². The van der Waals surface area contributed by atoms with Crippen molar-refractivity contribution in [1.82, 2.24) is 4.90 Å². The lowest BCUT2D eigenvalue weighted by molar-refractivity contribution is -0.177. The van der Waals surface area contributed by atoms with Gasteiger partial charge < -0.3 is 25.2 Å². The van der Waals surface area contributed by atoms with Gasteiger partial charge in [-0.3, -0.25) is 9.69 Å². The smallest absolute Gasteiger partial charge is 0.189 e. The van der Waals surface area contributed by atoms with Crippen LogP contribution in [0.4, 0.5) is 0 Å². The topological polar surface area (TPSA) is 110 Å². The number of benzene rings is 2. The van der Waals surface area contributed by atoms with E-state index in [2.05, 4.69) is 49.1 Å².